The van der Waals surface area contributed by atoms with Crippen LogP contribution in [0.3, 0.4) is 0 Å². The molecule has 0 spiro atoms. The van der Waals surface area contributed by atoms with Crippen LogP contribution in [0.15, 0.2) is 36.4 Å². The molecule has 7 nitrogen and oxygen atoms in total. The largest absolute Gasteiger partial charge is 0.487 e. The topological polar surface area (TPSA) is 102 Å². The lowest BCUT2D eigenvalue weighted by atomic mass is 9.94. The summed E-state index contributed by atoms with van der Waals surface area (Å²) in [6.07, 6.45) is -1.41. The maximum Gasteiger partial charge on any atom is 0.260 e. The first-order chi connectivity index (χ1) is 15.8. The summed E-state index contributed by atoms with van der Waals surface area (Å²) in [6, 6.07) is 10.00. The molecule has 33 heavy (non-hydrogen) atoms. The van der Waals surface area contributed by atoms with Crippen LogP contribution in [0.5, 0.6) is 0 Å². The molecule has 0 radical (unpaired) electrons. The summed E-state index contributed by atoms with van der Waals surface area (Å²) < 4.78 is 19.7. The van der Waals surface area contributed by atoms with Crippen molar-refractivity contribution in [3.05, 3.63) is 64.5 Å². The molecule has 3 aliphatic heterocycles. The highest BCUT2D eigenvalue weighted by Crippen LogP contribution is 2.42. The molecule has 3 heterocycles. The third-order valence-electron chi connectivity index (χ3n) is 6.89. The number of β-amino-alcohol motifs (C(OH)–C–C–N with tert-alkyl or cyclic N) is 1. The molecule has 1 amide bonds. The Hall–Kier alpha value is -2.78. The van der Waals surface area contributed by atoms with Gasteiger partial charge in [-0.05, 0) is 50.1 Å². The number of hydrogen-bond acceptors (Lipinski definition) is 6. The average molecular weight is 454 g/mol. The van der Waals surface area contributed by atoms with Gasteiger partial charge in [-0.25, -0.2) is 4.39 Å². The van der Waals surface area contributed by atoms with Gasteiger partial charge in [0.2, 0.25) is 0 Å². The molecule has 0 unspecified atom stereocenters. The minimum atomic E-state index is -1.11. The zero-order chi connectivity index (χ0) is 23.3. The van der Waals surface area contributed by atoms with Crippen molar-refractivity contribution in [3.63, 3.8) is 0 Å². The summed E-state index contributed by atoms with van der Waals surface area (Å²) >= 11 is 0. The average Bonchev–Trinajstić information content (AvgIpc) is 3.34. The number of nitrogens with zero attached hydrogens (tertiary/aromatic N) is 1. The van der Waals surface area contributed by atoms with Crippen molar-refractivity contribution in [3.8, 4) is 0 Å². The minimum absolute atomic E-state index is 0.226. The Morgan fingerprint density at radius 3 is 2.76 bits per heavy atom. The summed E-state index contributed by atoms with van der Waals surface area (Å²) in [7, 11) is 0. The first-order valence-electron chi connectivity index (χ1n) is 11.2. The summed E-state index contributed by atoms with van der Waals surface area (Å²) in [4.78, 5) is 14.6. The Morgan fingerprint density at radius 1 is 1.12 bits per heavy atom. The maximum absolute atomic E-state index is 13.8. The van der Waals surface area contributed by atoms with Gasteiger partial charge >= 0.3 is 0 Å². The maximum atomic E-state index is 13.8. The molecule has 0 aliphatic carbocycles. The fourth-order valence-electron chi connectivity index (χ4n) is 4.97. The van der Waals surface area contributed by atoms with Gasteiger partial charge in [0.05, 0.1) is 17.8 Å². The monoisotopic (exact) mass is 454 g/mol. The van der Waals surface area contributed by atoms with Crippen LogP contribution >= 0.6 is 0 Å². The third-order valence-corrected chi connectivity index (χ3v) is 6.89. The number of halogens is 1. The van der Waals surface area contributed by atoms with Gasteiger partial charge in [0, 0.05) is 35.0 Å². The molecule has 0 saturated carbocycles. The summed E-state index contributed by atoms with van der Waals surface area (Å²) in [6.45, 7) is 3.22. The molecule has 4 atom stereocenters. The number of hydrogen-bond donors (Lipinski definition) is 4. The Bertz CT molecular complexity index is 1130. The van der Waals surface area contributed by atoms with Crippen molar-refractivity contribution in [2.45, 2.75) is 50.7 Å². The molecule has 5 rings (SSSR count). The second kappa shape index (κ2) is 8.53. The third kappa shape index (κ3) is 3.93. The molecular weight excluding hydrogens is 427 g/mol. The van der Waals surface area contributed by atoms with Gasteiger partial charge in [0.15, 0.2) is 0 Å². The summed E-state index contributed by atoms with van der Waals surface area (Å²) in [5, 5.41) is 32.6. The van der Waals surface area contributed by atoms with E-state index in [2.05, 4.69) is 11.4 Å². The number of aliphatic hydroxyl groups excluding tert-OH is 3. The Kier molecular flexibility index (Phi) is 5.70. The molecule has 2 aromatic rings. The number of anilines is 1. The highest BCUT2D eigenvalue weighted by Gasteiger charge is 2.38. The number of fused-ring (bicyclic) bond motifs is 2. The van der Waals surface area contributed by atoms with Gasteiger partial charge in [-0.2, -0.15) is 0 Å². The molecule has 0 bridgehead atoms. The van der Waals surface area contributed by atoms with Crippen molar-refractivity contribution in [1.82, 2.24) is 4.90 Å². The number of amides is 1. The molecule has 8 heteroatoms. The van der Waals surface area contributed by atoms with Crippen molar-refractivity contribution < 1.29 is 29.2 Å². The zero-order valence-electron chi connectivity index (χ0n) is 18.3. The van der Waals surface area contributed by atoms with Crippen molar-refractivity contribution >= 4 is 22.9 Å². The minimum Gasteiger partial charge on any atom is -0.487 e. The van der Waals surface area contributed by atoms with Gasteiger partial charge in [0.25, 0.3) is 5.91 Å². The SMILES string of the molecule is C[C@H]1[C@@H](O)[C@@H](O)[C@H](O)CN1CCCc1ccc2c(c1)COC2=C1C(=O)Nc2ccc(F)cc21. The number of aliphatic hydroxyl groups is 3. The van der Waals surface area contributed by atoms with E-state index in [-0.39, 0.29) is 11.9 Å². The number of rotatable bonds is 4. The number of nitrogens with one attached hydrogen (secondary N) is 1. The van der Waals surface area contributed by atoms with Crippen LogP contribution in [0.4, 0.5) is 10.1 Å². The van der Waals surface area contributed by atoms with E-state index in [0.717, 1.165) is 29.5 Å². The predicted octanol–water partition coefficient (Wildman–Crippen LogP) is 1.90. The number of piperidine rings is 1. The lowest BCUT2D eigenvalue weighted by Crippen LogP contribution is -2.60. The van der Waals surface area contributed by atoms with E-state index >= 15 is 0 Å². The van der Waals surface area contributed by atoms with Gasteiger partial charge in [-0.15, -0.1) is 0 Å². The fourth-order valence-corrected chi connectivity index (χ4v) is 4.97. The van der Waals surface area contributed by atoms with Crippen molar-refractivity contribution in [1.29, 1.82) is 0 Å². The molecule has 0 aromatic heterocycles. The van der Waals surface area contributed by atoms with Crippen LogP contribution in [0.2, 0.25) is 0 Å². The van der Waals surface area contributed by atoms with Crippen LogP contribution in [-0.4, -0.2) is 63.6 Å². The van der Waals surface area contributed by atoms with Crippen molar-refractivity contribution in [2.75, 3.05) is 18.4 Å². The van der Waals surface area contributed by atoms with Gasteiger partial charge in [-0.1, -0.05) is 18.2 Å². The van der Waals surface area contributed by atoms with Crippen molar-refractivity contribution in [2.24, 2.45) is 0 Å². The van der Waals surface area contributed by atoms with E-state index in [1.807, 2.05) is 24.0 Å². The van der Waals surface area contributed by atoms with Gasteiger partial charge in [-0.3, -0.25) is 9.69 Å². The predicted molar refractivity (Wildman–Crippen MR) is 120 cm³/mol. The van der Waals surface area contributed by atoms with Crippen LogP contribution in [-0.2, 0) is 22.6 Å². The van der Waals surface area contributed by atoms with E-state index < -0.39 is 24.1 Å². The van der Waals surface area contributed by atoms with E-state index in [0.29, 0.717) is 42.3 Å². The molecule has 1 saturated heterocycles. The molecular formula is C25H27FN2O5. The van der Waals surface area contributed by atoms with Crippen LogP contribution in [0.1, 0.15) is 35.6 Å². The van der Waals surface area contributed by atoms with Gasteiger partial charge < -0.3 is 25.4 Å². The van der Waals surface area contributed by atoms with Crippen LogP contribution in [0, 0.1) is 5.82 Å². The number of ether oxygens (including phenoxy) is 1. The van der Waals surface area contributed by atoms with E-state index in [4.69, 9.17) is 4.74 Å². The first kappa shape index (κ1) is 22.0. The van der Waals surface area contributed by atoms with E-state index in [1.165, 1.54) is 12.1 Å². The van der Waals surface area contributed by atoms with E-state index in [9.17, 15) is 24.5 Å². The highest BCUT2D eigenvalue weighted by molar-refractivity contribution is 6.36. The number of benzene rings is 2. The Morgan fingerprint density at radius 2 is 1.94 bits per heavy atom. The molecule has 4 N–H and O–H groups in total. The molecule has 2 aromatic carbocycles. The zero-order valence-corrected chi connectivity index (χ0v) is 18.3. The van der Waals surface area contributed by atoms with Gasteiger partial charge in [0.1, 0.15) is 24.3 Å². The number of aryl methyl sites for hydroxylation is 1. The summed E-state index contributed by atoms with van der Waals surface area (Å²) in [5.74, 6) is -0.232. The van der Waals surface area contributed by atoms with Crippen LogP contribution in [0.25, 0.3) is 11.3 Å². The normalized spacial score (nSPS) is 28.9. The lowest BCUT2D eigenvalue weighted by molar-refractivity contribution is -0.133. The fraction of sp³-hybridized carbons (Fsp3) is 0.400. The van der Waals surface area contributed by atoms with E-state index in [1.54, 1.807) is 6.07 Å². The molecule has 174 valence electrons. The second-order valence-corrected chi connectivity index (χ2v) is 9.02. The smallest absolute Gasteiger partial charge is 0.260 e. The number of carbonyl (C=O) groups is 1. The second-order valence-electron chi connectivity index (χ2n) is 9.02. The standard InChI is InChI=1S/C25H27FN2O5/c1-13-22(30)23(31)20(29)11-28(13)8-2-3-14-4-6-17-15(9-14)12-33-24(17)21-18-10-16(26)5-7-19(18)27-25(21)32/h4-7,9-10,13,20,22-23,29-31H,2-3,8,11-12H2,1H3,(H,27,32)/t13-,20+,22+,23-/m0/s1. The number of likely N-dealkylation sites (tertiary alicyclic amines) is 1. The number of carbonyl (C=O) groups excluding carboxylic acids is 1. The quantitative estimate of drug-likeness (QED) is 0.527. The first-order valence-corrected chi connectivity index (χ1v) is 11.2. The Labute approximate surface area is 191 Å². The summed E-state index contributed by atoms with van der Waals surface area (Å²) in [5.41, 5.74) is 4.38. The molecule has 3 aliphatic rings. The highest BCUT2D eigenvalue weighted by atomic mass is 19.1. The van der Waals surface area contributed by atoms with Crippen LogP contribution < -0.4 is 5.32 Å². The Balaban J connectivity index is 1.30. The lowest BCUT2D eigenvalue weighted by Gasteiger charge is -2.42. The molecule has 1 fully saturated rings.